The summed E-state index contributed by atoms with van der Waals surface area (Å²) in [5, 5.41) is 3.12. The first-order valence-corrected chi connectivity index (χ1v) is 5.03. The second-order valence-corrected chi connectivity index (χ2v) is 3.89. The Balaban J connectivity index is 1.94. The predicted octanol–water partition coefficient (Wildman–Crippen LogP) is -1.18. The third-order valence-electron chi connectivity index (χ3n) is 2.99. The number of carbonyl (C=O) groups excluding carboxylic acids is 2. The van der Waals surface area contributed by atoms with Gasteiger partial charge in [0.1, 0.15) is 6.04 Å². The van der Waals surface area contributed by atoms with E-state index in [0.29, 0.717) is 13.0 Å². The Morgan fingerprint density at radius 3 is 2.57 bits per heavy atom. The normalized spacial score (nSPS) is 31.3. The van der Waals surface area contributed by atoms with Gasteiger partial charge in [-0.3, -0.25) is 9.59 Å². The molecule has 0 saturated carbocycles. The summed E-state index contributed by atoms with van der Waals surface area (Å²) in [6.07, 6.45) is 2.63. The van der Waals surface area contributed by atoms with E-state index in [1.54, 1.807) is 4.90 Å². The van der Waals surface area contributed by atoms with Crippen molar-refractivity contribution in [3.63, 3.8) is 0 Å². The van der Waals surface area contributed by atoms with E-state index in [0.717, 1.165) is 19.4 Å². The summed E-state index contributed by atoms with van der Waals surface area (Å²) >= 11 is 0. The second-order valence-electron chi connectivity index (χ2n) is 3.89. The average molecular weight is 197 g/mol. The maximum Gasteiger partial charge on any atom is 0.240 e. The van der Waals surface area contributed by atoms with Crippen molar-refractivity contribution in [3.05, 3.63) is 0 Å². The fourth-order valence-electron chi connectivity index (χ4n) is 2.04. The molecule has 2 heterocycles. The van der Waals surface area contributed by atoms with E-state index >= 15 is 0 Å². The summed E-state index contributed by atoms with van der Waals surface area (Å²) in [5.41, 5.74) is 5.17. The van der Waals surface area contributed by atoms with Gasteiger partial charge in [-0.05, 0) is 25.8 Å². The van der Waals surface area contributed by atoms with Crippen LogP contribution in [0, 0.1) is 0 Å². The first-order valence-electron chi connectivity index (χ1n) is 5.03. The molecule has 0 aromatic rings. The summed E-state index contributed by atoms with van der Waals surface area (Å²) in [6.45, 7) is 1.57. The number of nitrogens with zero attached hydrogens (tertiary/aromatic N) is 1. The van der Waals surface area contributed by atoms with E-state index in [9.17, 15) is 9.59 Å². The first-order chi connectivity index (χ1) is 6.70. The van der Waals surface area contributed by atoms with Crippen molar-refractivity contribution in [1.29, 1.82) is 0 Å². The Bertz CT molecular complexity index is 261. The lowest BCUT2D eigenvalue weighted by Crippen LogP contribution is -2.60. The van der Waals surface area contributed by atoms with Crippen LogP contribution in [0.5, 0.6) is 0 Å². The molecule has 0 aromatic carbocycles. The number of primary amides is 1. The van der Waals surface area contributed by atoms with Crippen molar-refractivity contribution in [2.45, 2.75) is 31.3 Å². The number of carbonyl (C=O) groups is 2. The number of likely N-dealkylation sites (tertiary alicyclic amines) is 1. The smallest absolute Gasteiger partial charge is 0.240 e. The molecule has 78 valence electrons. The van der Waals surface area contributed by atoms with E-state index in [1.807, 2.05) is 0 Å². The maximum atomic E-state index is 11.8. The Labute approximate surface area is 82.6 Å². The van der Waals surface area contributed by atoms with Crippen LogP contribution >= 0.6 is 0 Å². The van der Waals surface area contributed by atoms with E-state index in [1.165, 1.54) is 0 Å². The lowest BCUT2D eigenvalue weighted by Gasteiger charge is -2.40. The van der Waals surface area contributed by atoms with Crippen molar-refractivity contribution >= 4 is 11.8 Å². The lowest BCUT2D eigenvalue weighted by atomic mass is 10.0. The van der Waals surface area contributed by atoms with E-state index in [4.69, 9.17) is 5.73 Å². The van der Waals surface area contributed by atoms with Gasteiger partial charge in [0.25, 0.3) is 0 Å². The first kappa shape index (κ1) is 9.45. The molecule has 0 aliphatic carbocycles. The van der Waals surface area contributed by atoms with Gasteiger partial charge in [0, 0.05) is 6.54 Å². The summed E-state index contributed by atoms with van der Waals surface area (Å²) in [7, 11) is 0. The number of amides is 2. The van der Waals surface area contributed by atoms with Gasteiger partial charge < -0.3 is 16.0 Å². The standard InChI is InChI=1S/C9H15N3O2/c10-8(13)7-3-5-12(7)9(14)6-2-1-4-11-6/h6-7,11H,1-5H2,(H2,10,13). The molecule has 5 nitrogen and oxygen atoms in total. The van der Waals surface area contributed by atoms with Crippen LogP contribution in [0.1, 0.15) is 19.3 Å². The molecule has 2 fully saturated rings. The number of hydrogen-bond acceptors (Lipinski definition) is 3. The molecular weight excluding hydrogens is 182 g/mol. The molecule has 2 aliphatic heterocycles. The summed E-state index contributed by atoms with van der Waals surface area (Å²) < 4.78 is 0. The zero-order chi connectivity index (χ0) is 10.1. The van der Waals surface area contributed by atoms with Crippen molar-refractivity contribution in [1.82, 2.24) is 10.2 Å². The molecule has 0 aromatic heterocycles. The van der Waals surface area contributed by atoms with Crippen molar-refractivity contribution in [2.24, 2.45) is 5.73 Å². The minimum Gasteiger partial charge on any atom is -0.368 e. The van der Waals surface area contributed by atoms with Gasteiger partial charge in [-0.2, -0.15) is 0 Å². The van der Waals surface area contributed by atoms with Gasteiger partial charge in [0.2, 0.25) is 11.8 Å². The Morgan fingerprint density at radius 2 is 2.14 bits per heavy atom. The molecule has 0 radical (unpaired) electrons. The Kier molecular flexibility index (Phi) is 2.41. The minimum absolute atomic E-state index is 0.0394. The van der Waals surface area contributed by atoms with Crippen molar-refractivity contribution in [2.75, 3.05) is 13.1 Å². The monoisotopic (exact) mass is 197 g/mol. The third-order valence-corrected chi connectivity index (χ3v) is 2.99. The topological polar surface area (TPSA) is 75.4 Å². The number of nitrogens with one attached hydrogen (secondary N) is 1. The maximum absolute atomic E-state index is 11.8. The van der Waals surface area contributed by atoms with Gasteiger partial charge in [0.05, 0.1) is 6.04 Å². The molecule has 2 unspecified atom stereocenters. The van der Waals surface area contributed by atoms with Gasteiger partial charge in [-0.1, -0.05) is 0 Å². The molecule has 2 aliphatic rings. The van der Waals surface area contributed by atoms with Crippen LogP contribution in [0.25, 0.3) is 0 Å². The van der Waals surface area contributed by atoms with Crippen LogP contribution in [-0.4, -0.2) is 41.9 Å². The number of hydrogen-bond donors (Lipinski definition) is 2. The lowest BCUT2D eigenvalue weighted by molar-refractivity contribution is -0.147. The molecule has 14 heavy (non-hydrogen) atoms. The van der Waals surface area contributed by atoms with Crippen LogP contribution in [-0.2, 0) is 9.59 Å². The van der Waals surface area contributed by atoms with Gasteiger partial charge >= 0.3 is 0 Å². The number of nitrogens with two attached hydrogens (primary N) is 1. The summed E-state index contributed by atoms with van der Waals surface area (Å²) in [5.74, 6) is -0.347. The van der Waals surface area contributed by atoms with Gasteiger partial charge in [-0.15, -0.1) is 0 Å². The SMILES string of the molecule is NC(=O)C1CCN1C(=O)C1CCCN1. The van der Waals surface area contributed by atoms with Crippen LogP contribution in [0.3, 0.4) is 0 Å². The number of rotatable bonds is 2. The molecule has 0 bridgehead atoms. The third kappa shape index (κ3) is 1.48. The van der Waals surface area contributed by atoms with Crippen molar-refractivity contribution < 1.29 is 9.59 Å². The molecule has 2 rings (SSSR count). The molecule has 2 saturated heterocycles. The van der Waals surface area contributed by atoms with Gasteiger partial charge in [-0.25, -0.2) is 0 Å². The van der Waals surface area contributed by atoms with Crippen LogP contribution in [0.2, 0.25) is 0 Å². The molecule has 2 amide bonds. The second kappa shape index (κ2) is 3.57. The predicted molar refractivity (Wildman–Crippen MR) is 50.3 cm³/mol. The van der Waals surface area contributed by atoms with Gasteiger partial charge in [0.15, 0.2) is 0 Å². The fourth-order valence-corrected chi connectivity index (χ4v) is 2.04. The zero-order valence-electron chi connectivity index (χ0n) is 8.03. The van der Waals surface area contributed by atoms with Crippen LogP contribution in [0.4, 0.5) is 0 Å². The summed E-state index contributed by atoms with van der Waals surface area (Å²) in [6, 6.07) is -0.443. The Morgan fingerprint density at radius 1 is 1.36 bits per heavy atom. The minimum atomic E-state index is -0.386. The Hall–Kier alpha value is -1.10. The quantitative estimate of drug-likeness (QED) is 0.585. The zero-order valence-corrected chi connectivity index (χ0v) is 8.03. The molecule has 0 spiro atoms. The average Bonchev–Trinajstić information content (AvgIpc) is 2.51. The highest BCUT2D eigenvalue weighted by Gasteiger charge is 2.39. The molecular formula is C9H15N3O2. The van der Waals surface area contributed by atoms with Crippen LogP contribution in [0.15, 0.2) is 0 Å². The highest BCUT2D eigenvalue weighted by Crippen LogP contribution is 2.20. The van der Waals surface area contributed by atoms with Crippen LogP contribution < -0.4 is 11.1 Å². The van der Waals surface area contributed by atoms with E-state index < -0.39 is 0 Å². The molecule has 5 heteroatoms. The van der Waals surface area contributed by atoms with E-state index in [-0.39, 0.29) is 23.9 Å². The highest BCUT2D eigenvalue weighted by atomic mass is 16.2. The largest absolute Gasteiger partial charge is 0.368 e. The summed E-state index contributed by atoms with van der Waals surface area (Å²) in [4.78, 5) is 24.3. The molecule has 2 atom stereocenters. The highest BCUT2D eigenvalue weighted by molar-refractivity contribution is 5.90. The van der Waals surface area contributed by atoms with E-state index in [2.05, 4.69) is 5.32 Å². The molecule has 3 N–H and O–H groups in total. The fraction of sp³-hybridized carbons (Fsp3) is 0.778. The van der Waals surface area contributed by atoms with Crippen molar-refractivity contribution in [3.8, 4) is 0 Å².